The van der Waals surface area contributed by atoms with E-state index in [0.717, 1.165) is 24.2 Å². The van der Waals surface area contributed by atoms with Crippen molar-refractivity contribution in [2.75, 3.05) is 4.90 Å². The zero-order valence-corrected chi connectivity index (χ0v) is 16.3. The molecule has 7 heteroatoms. The Labute approximate surface area is 171 Å². The Kier molecular flexibility index (Phi) is 5.28. The van der Waals surface area contributed by atoms with Crippen LogP contribution in [0.4, 0.5) is 18.9 Å². The van der Waals surface area contributed by atoms with Gasteiger partial charge in [-0.2, -0.15) is 13.2 Å². The van der Waals surface area contributed by atoms with E-state index in [2.05, 4.69) is 24.0 Å². The topological polar surface area (TPSA) is 42.7 Å². The van der Waals surface area contributed by atoms with Crippen LogP contribution in [0.15, 0.2) is 70.1 Å². The standard InChI is InChI=1S/C23H20F3NO3/c1-15-10-17-4-2-3-5-20(17)27(15)12-19-11-21(28)22(14-29-19)30-13-16-6-8-18(9-7-16)23(24,25)26/h2-9,11,14-15H,10,12-13H2,1H3/t15-/m1/s1. The first-order valence-corrected chi connectivity index (χ1v) is 9.56. The molecule has 4 nitrogen and oxygen atoms in total. The van der Waals surface area contributed by atoms with Crippen molar-refractivity contribution in [2.45, 2.75) is 38.7 Å². The van der Waals surface area contributed by atoms with E-state index in [1.165, 1.54) is 30.0 Å². The van der Waals surface area contributed by atoms with E-state index in [-0.39, 0.29) is 17.8 Å². The number of ether oxygens (including phenoxy) is 1. The molecule has 2 heterocycles. The van der Waals surface area contributed by atoms with Gasteiger partial charge in [0.2, 0.25) is 11.2 Å². The maximum absolute atomic E-state index is 12.6. The third-order valence-electron chi connectivity index (χ3n) is 5.20. The van der Waals surface area contributed by atoms with Crippen LogP contribution >= 0.6 is 0 Å². The van der Waals surface area contributed by atoms with Crippen LogP contribution in [0.5, 0.6) is 5.75 Å². The highest BCUT2D eigenvalue weighted by molar-refractivity contribution is 5.59. The summed E-state index contributed by atoms with van der Waals surface area (Å²) in [5.41, 5.74) is 1.87. The van der Waals surface area contributed by atoms with E-state index in [0.29, 0.717) is 23.9 Å². The largest absolute Gasteiger partial charge is 0.482 e. The van der Waals surface area contributed by atoms with Crippen LogP contribution in [0.2, 0.25) is 0 Å². The lowest BCUT2D eigenvalue weighted by Crippen LogP contribution is -2.29. The van der Waals surface area contributed by atoms with Gasteiger partial charge >= 0.3 is 6.18 Å². The summed E-state index contributed by atoms with van der Waals surface area (Å²) >= 11 is 0. The van der Waals surface area contributed by atoms with Crippen LogP contribution in [-0.4, -0.2) is 6.04 Å². The second-order valence-corrected chi connectivity index (χ2v) is 7.37. The summed E-state index contributed by atoms with van der Waals surface area (Å²) in [7, 11) is 0. The number of alkyl halides is 3. The summed E-state index contributed by atoms with van der Waals surface area (Å²) < 4.78 is 48.9. The fourth-order valence-electron chi connectivity index (χ4n) is 3.62. The number of fused-ring (bicyclic) bond motifs is 1. The summed E-state index contributed by atoms with van der Waals surface area (Å²) in [4.78, 5) is 14.6. The molecule has 3 aromatic rings. The third-order valence-corrected chi connectivity index (χ3v) is 5.20. The molecule has 0 fully saturated rings. The molecule has 0 unspecified atom stereocenters. The highest BCUT2D eigenvalue weighted by atomic mass is 19.4. The van der Waals surface area contributed by atoms with Crippen molar-refractivity contribution in [3.63, 3.8) is 0 Å². The minimum atomic E-state index is -4.39. The predicted molar refractivity (Wildman–Crippen MR) is 107 cm³/mol. The molecule has 1 aliphatic heterocycles. The number of para-hydroxylation sites is 1. The van der Waals surface area contributed by atoms with Crippen molar-refractivity contribution < 1.29 is 22.3 Å². The average molecular weight is 415 g/mol. The van der Waals surface area contributed by atoms with Gasteiger partial charge in [0.15, 0.2) is 0 Å². The highest BCUT2D eigenvalue weighted by Gasteiger charge is 2.30. The Balaban J connectivity index is 1.42. The second kappa shape index (κ2) is 7.89. The molecule has 1 atom stereocenters. The molecule has 156 valence electrons. The molecule has 0 radical (unpaired) electrons. The first-order chi connectivity index (χ1) is 14.3. The predicted octanol–water partition coefficient (Wildman–Crippen LogP) is 5.19. The Hall–Kier alpha value is -3.22. The van der Waals surface area contributed by atoms with E-state index in [4.69, 9.17) is 9.15 Å². The molecule has 0 bridgehead atoms. The minimum Gasteiger partial charge on any atom is -0.482 e. The molecular formula is C23H20F3NO3. The molecule has 4 rings (SSSR count). The number of hydrogen-bond acceptors (Lipinski definition) is 4. The zero-order valence-electron chi connectivity index (χ0n) is 16.3. The summed E-state index contributed by atoms with van der Waals surface area (Å²) in [5, 5.41) is 0. The van der Waals surface area contributed by atoms with Crippen LogP contribution in [0.25, 0.3) is 0 Å². The molecule has 0 spiro atoms. The van der Waals surface area contributed by atoms with Gasteiger partial charge in [0, 0.05) is 17.8 Å². The number of hydrogen-bond donors (Lipinski definition) is 0. The zero-order chi connectivity index (χ0) is 21.3. The quantitative estimate of drug-likeness (QED) is 0.575. The average Bonchev–Trinajstić information content (AvgIpc) is 3.02. The summed E-state index contributed by atoms with van der Waals surface area (Å²) in [6, 6.07) is 14.5. The fraction of sp³-hybridized carbons (Fsp3) is 0.261. The van der Waals surface area contributed by atoms with Gasteiger partial charge in [-0.1, -0.05) is 30.3 Å². The Morgan fingerprint density at radius 3 is 2.57 bits per heavy atom. The molecule has 0 saturated carbocycles. The number of nitrogens with zero attached hydrogens (tertiary/aromatic N) is 1. The van der Waals surface area contributed by atoms with Crippen LogP contribution in [0, 0.1) is 0 Å². The maximum Gasteiger partial charge on any atom is 0.416 e. The van der Waals surface area contributed by atoms with Crippen molar-refractivity contribution in [1.82, 2.24) is 0 Å². The van der Waals surface area contributed by atoms with Crippen LogP contribution in [-0.2, 0) is 25.7 Å². The van der Waals surface area contributed by atoms with Gasteiger partial charge in [0.25, 0.3) is 0 Å². The van der Waals surface area contributed by atoms with Gasteiger partial charge in [-0.3, -0.25) is 4.79 Å². The summed E-state index contributed by atoms with van der Waals surface area (Å²) in [6.07, 6.45) is -2.19. The van der Waals surface area contributed by atoms with Crippen LogP contribution < -0.4 is 15.1 Å². The highest BCUT2D eigenvalue weighted by Crippen LogP contribution is 2.33. The van der Waals surface area contributed by atoms with Gasteiger partial charge in [-0.15, -0.1) is 0 Å². The first-order valence-electron chi connectivity index (χ1n) is 9.56. The summed E-state index contributed by atoms with van der Waals surface area (Å²) in [6.45, 7) is 2.56. The van der Waals surface area contributed by atoms with Gasteiger partial charge in [-0.05, 0) is 42.7 Å². The molecule has 1 aromatic heterocycles. The number of halogens is 3. The summed E-state index contributed by atoms with van der Waals surface area (Å²) in [5.74, 6) is 0.541. The van der Waals surface area contributed by atoms with E-state index >= 15 is 0 Å². The Bertz CT molecular complexity index is 1090. The lowest BCUT2D eigenvalue weighted by molar-refractivity contribution is -0.137. The van der Waals surface area contributed by atoms with Crippen LogP contribution in [0.3, 0.4) is 0 Å². The first kappa shape index (κ1) is 20.1. The van der Waals surface area contributed by atoms with Crippen molar-refractivity contribution in [3.05, 3.63) is 93.5 Å². The van der Waals surface area contributed by atoms with E-state index < -0.39 is 11.7 Å². The van der Waals surface area contributed by atoms with E-state index in [1.807, 2.05) is 12.1 Å². The van der Waals surface area contributed by atoms with Crippen LogP contribution in [0.1, 0.15) is 29.4 Å². The number of rotatable bonds is 5. The molecule has 0 amide bonds. The second-order valence-electron chi connectivity index (χ2n) is 7.37. The third kappa shape index (κ3) is 4.20. The van der Waals surface area contributed by atoms with Crippen molar-refractivity contribution in [2.24, 2.45) is 0 Å². The van der Waals surface area contributed by atoms with E-state index in [9.17, 15) is 18.0 Å². The smallest absolute Gasteiger partial charge is 0.416 e. The molecule has 2 aromatic carbocycles. The number of benzene rings is 2. The molecular weight excluding hydrogens is 395 g/mol. The van der Waals surface area contributed by atoms with Gasteiger partial charge < -0.3 is 14.1 Å². The van der Waals surface area contributed by atoms with Gasteiger partial charge in [-0.25, -0.2) is 0 Å². The lowest BCUT2D eigenvalue weighted by atomic mass is 10.1. The monoisotopic (exact) mass is 415 g/mol. The molecule has 0 N–H and O–H groups in total. The molecule has 0 saturated heterocycles. The number of anilines is 1. The molecule has 0 aliphatic carbocycles. The molecule has 30 heavy (non-hydrogen) atoms. The van der Waals surface area contributed by atoms with Crippen molar-refractivity contribution in [3.8, 4) is 5.75 Å². The molecule has 1 aliphatic rings. The fourth-order valence-corrected chi connectivity index (χ4v) is 3.62. The maximum atomic E-state index is 12.6. The Morgan fingerprint density at radius 1 is 1.13 bits per heavy atom. The normalized spacial score (nSPS) is 15.9. The Morgan fingerprint density at radius 2 is 1.87 bits per heavy atom. The van der Waals surface area contributed by atoms with Crippen molar-refractivity contribution >= 4 is 5.69 Å². The van der Waals surface area contributed by atoms with Gasteiger partial charge in [0.05, 0.1) is 12.1 Å². The minimum absolute atomic E-state index is 0.0218. The van der Waals surface area contributed by atoms with E-state index in [1.54, 1.807) is 0 Å². The van der Waals surface area contributed by atoms with Crippen molar-refractivity contribution in [1.29, 1.82) is 0 Å². The van der Waals surface area contributed by atoms with Gasteiger partial charge in [0.1, 0.15) is 18.6 Å². The lowest BCUT2D eigenvalue weighted by Gasteiger charge is -2.24. The SMILES string of the molecule is C[C@@H]1Cc2ccccc2N1Cc1cc(=O)c(OCc2ccc(C(F)(F)F)cc2)co1.